The smallest absolute Gasteiger partial charge is 0.203 e. The fraction of sp³-hybridized carbons (Fsp3) is 0.417. The van der Waals surface area contributed by atoms with E-state index in [-0.39, 0.29) is 10.6 Å². The normalized spacial score (nSPS) is 11.8. The van der Waals surface area contributed by atoms with Gasteiger partial charge in [0, 0.05) is 5.56 Å². The van der Waals surface area contributed by atoms with Crippen LogP contribution in [0.4, 0.5) is 0 Å². The van der Waals surface area contributed by atoms with E-state index in [4.69, 9.17) is 14.2 Å². The third-order valence-electron chi connectivity index (χ3n) is 2.31. The highest BCUT2D eigenvalue weighted by molar-refractivity contribution is 9.10. The maximum absolute atomic E-state index is 11.9. The van der Waals surface area contributed by atoms with E-state index < -0.39 is 0 Å². The Morgan fingerprint density at radius 2 is 1.59 bits per heavy atom. The van der Waals surface area contributed by atoms with Gasteiger partial charge in [-0.25, -0.2) is 0 Å². The van der Waals surface area contributed by atoms with Crippen molar-refractivity contribution in [2.75, 3.05) is 21.3 Å². The van der Waals surface area contributed by atoms with Crippen LogP contribution in [0.2, 0.25) is 0 Å². The number of carbonyl (C=O) groups excluding carboxylic acids is 1. The molecule has 0 aliphatic carbocycles. The molecule has 0 radical (unpaired) electrons. The highest BCUT2D eigenvalue weighted by atomic mass is 79.9. The molecule has 1 aromatic rings. The van der Waals surface area contributed by atoms with Gasteiger partial charge in [0.15, 0.2) is 17.3 Å². The van der Waals surface area contributed by atoms with E-state index in [9.17, 15) is 4.79 Å². The second-order valence-electron chi connectivity index (χ2n) is 3.39. The molecule has 17 heavy (non-hydrogen) atoms. The third-order valence-corrected chi connectivity index (χ3v) is 2.73. The Hall–Kier alpha value is -1.23. The van der Waals surface area contributed by atoms with Crippen molar-refractivity contribution in [3.63, 3.8) is 0 Å². The minimum absolute atomic E-state index is 0.0377. The SMILES string of the molecule is COc1cc(C(=O)C(C)Br)cc(OC)c1OC. The number of alkyl halides is 1. The minimum Gasteiger partial charge on any atom is -0.493 e. The Kier molecular flexibility index (Phi) is 4.81. The van der Waals surface area contributed by atoms with E-state index >= 15 is 0 Å². The van der Waals surface area contributed by atoms with Crippen LogP contribution in [0.25, 0.3) is 0 Å². The lowest BCUT2D eigenvalue weighted by atomic mass is 10.1. The summed E-state index contributed by atoms with van der Waals surface area (Å²) < 4.78 is 15.5. The standard InChI is InChI=1S/C12H15BrO4/c1-7(13)11(14)8-5-9(15-2)12(17-4)10(6-8)16-3/h5-7H,1-4H3. The number of carbonyl (C=O) groups is 1. The van der Waals surface area contributed by atoms with Gasteiger partial charge in [-0.1, -0.05) is 15.9 Å². The molecule has 4 nitrogen and oxygen atoms in total. The molecule has 5 heteroatoms. The first-order chi connectivity index (χ1) is 8.04. The summed E-state index contributed by atoms with van der Waals surface area (Å²) in [5, 5.41) is 0. The second kappa shape index (κ2) is 5.91. The molecule has 0 saturated heterocycles. The maximum atomic E-state index is 11.9. The minimum atomic E-state index is -0.259. The van der Waals surface area contributed by atoms with Crippen LogP contribution in [0.3, 0.4) is 0 Å². The fourth-order valence-corrected chi connectivity index (χ4v) is 1.72. The van der Waals surface area contributed by atoms with Gasteiger partial charge >= 0.3 is 0 Å². The molecule has 0 heterocycles. The first kappa shape index (κ1) is 13.8. The van der Waals surface area contributed by atoms with Crippen molar-refractivity contribution in [3.05, 3.63) is 17.7 Å². The number of ketones is 1. The van der Waals surface area contributed by atoms with Crippen LogP contribution >= 0.6 is 15.9 Å². The Morgan fingerprint density at radius 3 is 1.88 bits per heavy atom. The summed E-state index contributed by atoms with van der Waals surface area (Å²) in [5.74, 6) is 1.39. The third kappa shape index (κ3) is 2.91. The maximum Gasteiger partial charge on any atom is 0.203 e. The molecular weight excluding hydrogens is 288 g/mol. The van der Waals surface area contributed by atoms with Gasteiger partial charge < -0.3 is 14.2 Å². The highest BCUT2D eigenvalue weighted by Crippen LogP contribution is 2.38. The summed E-state index contributed by atoms with van der Waals surface area (Å²) in [4.78, 5) is 11.6. The average molecular weight is 303 g/mol. The largest absolute Gasteiger partial charge is 0.493 e. The van der Waals surface area contributed by atoms with Crippen molar-refractivity contribution in [1.29, 1.82) is 0 Å². The quantitative estimate of drug-likeness (QED) is 0.620. The van der Waals surface area contributed by atoms with E-state index in [0.29, 0.717) is 22.8 Å². The molecule has 0 spiro atoms. The van der Waals surface area contributed by atoms with Crippen molar-refractivity contribution in [1.82, 2.24) is 0 Å². The van der Waals surface area contributed by atoms with Crippen molar-refractivity contribution in [2.24, 2.45) is 0 Å². The predicted molar refractivity (Wildman–Crippen MR) is 68.8 cm³/mol. The lowest BCUT2D eigenvalue weighted by Crippen LogP contribution is -2.10. The van der Waals surface area contributed by atoms with Crippen LogP contribution in [0, 0.1) is 0 Å². The van der Waals surface area contributed by atoms with Crippen LogP contribution < -0.4 is 14.2 Å². The van der Waals surface area contributed by atoms with Gasteiger partial charge in [0.25, 0.3) is 0 Å². The zero-order chi connectivity index (χ0) is 13.0. The van der Waals surface area contributed by atoms with Gasteiger partial charge in [-0.15, -0.1) is 0 Å². The summed E-state index contributed by atoms with van der Waals surface area (Å²) in [6, 6.07) is 3.28. The molecule has 0 saturated carbocycles. The zero-order valence-electron chi connectivity index (χ0n) is 10.2. The number of ether oxygens (including phenoxy) is 3. The summed E-state index contributed by atoms with van der Waals surface area (Å²) in [5.41, 5.74) is 0.517. The predicted octanol–water partition coefficient (Wildman–Crippen LogP) is 2.68. The van der Waals surface area contributed by atoms with Crippen molar-refractivity contribution in [2.45, 2.75) is 11.8 Å². The number of methoxy groups -OCH3 is 3. The topological polar surface area (TPSA) is 44.8 Å². The molecule has 94 valence electrons. The van der Waals surface area contributed by atoms with E-state index in [2.05, 4.69) is 15.9 Å². The van der Waals surface area contributed by atoms with Crippen LogP contribution in [0.1, 0.15) is 17.3 Å². The summed E-state index contributed by atoms with van der Waals surface area (Å²) >= 11 is 3.24. The first-order valence-corrected chi connectivity index (χ1v) is 5.95. The molecule has 0 bridgehead atoms. The highest BCUT2D eigenvalue weighted by Gasteiger charge is 2.19. The lowest BCUT2D eigenvalue weighted by Gasteiger charge is -2.14. The fourth-order valence-electron chi connectivity index (χ4n) is 1.45. The number of hydrogen-bond acceptors (Lipinski definition) is 4. The van der Waals surface area contributed by atoms with Gasteiger partial charge in [0.05, 0.1) is 26.2 Å². The molecule has 0 N–H and O–H groups in total. The zero-order valence-corrected chi connectivity index (χ0v) is 11.8. The van der Waals surface area contributed by atoms with Crippen molar-refractivity contribution in [3.8, 4) is 17.2 Å². The Balaban J connectivity index is 3.32. The van der Waals surface area contributed by atoms with E-state index in [1.165, 1.54) is 21.3 Å². The van der Waals surface area contributed by atoms with Crippen LogP contribution in [0.5, 0.6) is 17.2 Å². The molecule has 1 rings (SSSR count). The first-order valence-electron chi connectivity index (χ1n) is 5.03. The molecule has 0 amide bonds. The molecule has 0 aliphatic rings. The van der Waals surface area contributed by atoms with Gasteiger partial charge in [0.1, 0.15) is 0 Å². The molecule has 1 unspecified atom stereocenters. The van der Waals surface area contributed by atoms with Gasteiger partial charge in [-0.05, 0) is 19.1 Å². The summed E-state index contributed by atoms with van der Waals surface area (Å²) in [6.45, 7) is 1.77. The van der Waals surface area contributed by atoms with Crippen molar-refractivity contribution >= 4 is 21.7 Å². The number of halogens is 1. The molecule has 0 fully saturated rings. The van der Waals surface area contributed by atoms with Gasteiger partial charge in [-0.3, -0.25) is 4.79 Å². The number of benzene rings is 1. The van der Waals surface area contributed by atoms with Gasteiger partial charge in [0.2, 0.25) is 5.75 Å². The van der Waals surface area contributed by atoms with E-state index in [0.717, 1.165) is 0 Å². The summed E-state index contributed by atoms with van der Waals surface area (Å²) in [6.07, 6.45) is 0. The number of hydrogen-bond donors (Lipinski definition) is 0. The van der Waals surface area contributed by atoms with E-state index in [1.807, 2.05) is 0 Å². The van der Waals surface area contributed by atoms with Crippen molar-refractivity contribution < 1.29 is 19.0 Å². The van der Waals surface area contributed by atoms with Crippen LogP contribution in [0.15, 0.2) is 12.1 Å². The molecule has 0 aromatic heterocycles. The monoisotopic (exact) mass is 302 g/mol. The van der Waals surface area contributed by atoms with Crippen LogP contribution in [-0.4, -0.2) is 31.9 Å². The molecule has 1 atom stereocenters. The van der Waals surface area contributed by atoms with E-state index in [1.54, 1.807) is 19.1 Å². The van der Waals surface area contributed by atoms with Crippen LogP contribution in [-0.2, 0) is 0 Å². The Bertz CT molecular complexity index is 390. The molecular formula is C12H15BrO4. The average Bonchev–Trinajstić information content (AvgIpc) is 2.35. The number of rotatable bonds is 5. The number of Topliss-reactive ketones (excluding diaryl/α,β-unsaturated/α-hetero) is 1. The second-order valence-corrected chi connectivity index (χ2v) is 4.77. The lowest BCUT2D eigenvalue weighted by molar-refractivity contribution is 0.0995. The molecule has 0 aliphatic heterocycles. The molecule has 1 aromatic carbocycles. The van der Waals surface area contributed by atoms with Gasteiger partial charge in [-0.2, -0.15) is 0 Å². The Morgan fingerprint density at radius 1 is 1.12 bits per heavy atom. The summed E-state index contributed by atoms with van der Waals surface area (Å²) in [7, 11) is 4.56. The Labute approximate surface area is 109 Å².